The van der Waals surface area contributed by atoms with Crippen molar-refractivity contribution in [1.82, 2.24) is 0 Å². The van der Waals surface area contributed by atoms with Gasteiger partial charge in [-0.3, -0.25) is 0 Å². The number of hydrogen-bond donors (Lipinski definition) is 2. The molecule has 0 heterocycles. The van der Waals surface area contributed by atoms with Crippen LogP contribution in [0.3, 0.4) is 0 Å². The number of alkyl halides is 1. The van der Waals surface area contributed by atoms with Crippen molar-refractivity contribution in [2.24, 2.45) is 11.3 Å². The van der Waals surface area contributed by atoms with E-state index in [9.17, 15) is 10.2 Å². The van der Waals surface area contributed by atoms with Gasteiger partial charge in [-0.25, -0.2) is 0 Å². The van der Waals surface area contributed by atoms with Crippen LogP contribution in [-0.2, 0) is 0 Å². The molecule has 0 aromatic rings. The van der Waals surface area contributed by atoms with Gasteiger partial charge < -0.3 is 10.2 Å². The molecular formula is C8H15IO2. The first kappa shape index (κ1) is 9.74. The Morgan fingerprint density at radius 1 is 1.45 bits per heavy atom. The van der Waals surface area contributed by atoms with Crippen molar-refractivity contribution in [3.63, 3.8) is 0 Å². The third kappa shape index (κ3) is 1.55. The number of aliphatic hydroxyl groups is 2. The van der Waals surface area contributed by atoms with Gasteiger partial charge in [-0.15, -0.1) is 0 Å². The zero-order valence-corrected chi connectivity index (χ0v) is 9.08. The molecule has 66 valence electrons. The van der Waals surface area contributed by atoms with E-state index in [1.165, 1.54) is 0 Å². The molecule has 0 aliphatic heterocycles. The van der Waals surface area contributed by atoms with E-state index in [1.54, 1.807) is 0 Å². The van der Waals surface area contributed by atoms with Crippen molar-refractivity contribution in [2.75, 3.05) is 4.43 Å². The highest BCUT2D eigenvalue weighted by Crippen LogP contribution is 2.42. The van der Waals surface area contributed by atoms with Gasteiger partial charge in [0.05, 0.1) is 12.2 Å². The van der Waals surface area contributed by atoms with Crippen LogP contribution < -0.4 is 0 Å². The molecule has 1 fully saturated rings. The average molecular weight is 270 g/mol. The first-order valence-electron chi connectivity index (χ1n) is 3.92. The molecule has 0 aromatic carbocycles. The summed E-state index contributed by atoms with van der Waals surface area (Å²) in [4.78, 5) is 0. The molecule has 2 nitrogen and oxygen atoms in total. The largest absolute Gasteiger partial charge is 0.392 e. The van der Waals surface area contributed by atoms with Crippen LogP contribution in [0.4, 0.5) is 0 Å². The second-order valence-electron chi connectivity index (χ2n) is 3.93. The molecule has 1 aliphatic carbocycles. The number of aliphatic hydroxyl groups excluding tert-OH is 2. The Bertz CT molecular complexity index is 147. The van der Waals surface area contributed by atoms with Crippen molar-refractivity contribution in [3.05, 3.63) is 0 Å². The van der Waals surface area contributed by atoms with Crippen LogP contribution in [0.5, 0.6) is 0 Å². The van der Waals surface area contributed by atoms with E-state index in [0.29, 0.717) is 0 Å². The third-order valence-electron chi connectivity index (χ3n) is 2.79. The molecule has 0 bridgehead atoms. The van der Waals surface area contributed by atoms with E-state index in [2.05, 4.69) is 22.6 Å². The molecule has 0 saturated heterocycles. The molecule has 1 saturated carbocycles. The Kier molecular flexibility index (Phi) is 2.82. The molecule has 0 amide bonds. The molecule has 0 spiro atoms. The van der Waals surface area contributed by atoms with Gasteiger partial charge in [-0.2, -0.15) is 0 Å². The molecule has 3 heteroatoms. The van der Waals surface area contributed by atoms with Crippen molar-refractivity contribution < 1.29 is 10.2 Å². The molecule has 1 rings (SSSR count). The summed E-state index contributed by atoms with van der Waals surface area (Å²) in [5.41, 5.74) is -0.310. The summed E-state index contributed by atoms with van der Waals surface area (Å²) in [6.45, 7) is 3.85. The third-order valence-corrected chi connectivity index (χ3v) is 3.92. The topological polar surface area (TPSA) is 40.5 Å². The zero-order valence-electron chi connectivity index (χ0n) is 6.92. The maximum Gasteiger partial charge on any atom is 0.0652 e. The minimum atomic E-state index is -0.339. The SMILES string of the molecule is CC1(C)C(O)CC(CI)C1O. The molecule has 2 N–H and O–H groups in total. The second kappa shape index (κ2) is 3.18. The van der Waals surface area contributed by atoms with Gasteiger partial charge in [0, 0.05) is 9.84 Å². The van der Waals surface area contributed by atoms with Crippen LogP contribution in [0.2, 0.25) is 0 Å². The highest BCUT2D eigenvalue weighted by Gasteiger charge is 2.46. The Balaban J connectivity index is 2.71. The Hall–Kier alpha value is 0.650. The molecule has 11 heavy (non-hydrogen) atoms. The highest BCUT2D eigenvalue weighted by molar-refractivity contribution is 14.1. The van der Waals surface area contributed by atoms with Crippen LogP contribution >= 0.6 is 22.6 Å². The first-order chi connectivity index (χ1) is 5.00. The summed E-state index contributed by atoms with van der Waals surface area (Å²) >= 11 is 2.26. The quantitative estimate of drug-likeness (QED) is 0.555. The summed E-state index contributed by atoms with van der Waals surface area (Å²) in [6, 6.07) is 0. The van der Waals surface area contributed by atoms with Crippen molar-refractivity contribution in [2.45, 2.75) is 32.5 Å². The Labute approximate surface area is 81.1 Å². The van der Waals surface area contributed by atoms with E-state index in [-0.39, 0.29) is 23.5 Å². The summed E-state index contributed by atoms with van der Waals surface area (Å²) in [5.74, 6) is 0.278. The predicted octanol–water partition coefficient (Wildman–Crippen LogP) is 1.19. The van der Waals surface area contributed by atoms with Gasteiger partial charge in [0.1, 0.15) is 0 Å². The molecule has 1 aliphatic rings. The number of rotatable bonds is 1. The summed E-state index contributed by atoms with van der Waals surface area (Å²) in [7, 11) is 0. The summed E-state index contributed by atoms with van der Waals surface area (Å²) in [6.07, 6.45) is 0.0727. The van der Waals surface area contributed by atoms with Gasteiger partial charge in [-0.05, 0) is 12.3 Å². The summed E-state index contributed by atoms with van der Waals surface area (Å²) in [5, 5.41) is 19.3. The van der Waals surface area contributed by atoms with Crippen LogP contribution in [0.25, 0.3) is 0 Å². The van der Waals surface area contributed by atoms with Gasteiger partial charge in [-0.1, -0.05) is 36.4 Å². The number of hydrogen-bond acceptors (Lipinski definition) is 2. The van der Waals surface area contributed by atoms with Gasteiger partial charge in [0.25, 0.3) is 0 Å². The maximum absolute atomic E-state index is 9.72. The first-order valence-corrected chi connectivity index (χ1v) is 5.44. The lowest BCUT2D eigenvalue weighted by molar-refractivity contribution is -0.00429. The lowest BCUT2D eigenvalue weighted by Gasteiger charge is -2.27. The lowest BCUT2D eigenvalue weighted by atomic mass is 9.86. The van der Waals surface area contributed by atoms with Crippen LogP contribution in [-0.4, -0.2) is 26.8 Å². The minimum Gasteiger partial charge on any atom is -0.392 e. The van der Waals surface area contributed by atoms with Crippen molar-refractivity contribution in [3.8, 4) is 0 Å². The average Bonchev–Trinajstić information content (AvgIpc) is 2.14. The van der Waals surface area contributed by atoms with E-state index < -0.39 is 0 Å². The Morgan fingerprint density at radius 2 is 2.00 bits per heavy atom. The second-order valence-corrected chi connectivity index (χ2v) is 4.81. The van der Waals surface area contributed by atoms with E-state index in [4.69, 9.17) is 0 Å². The molecule has 3 atom stereocenters. The summed E-state index contributed by atoms with van der Waals surface area (Å²) < 4.78 is 0.930. The van der Waals surface area contributed by atoms with Gasteiger partial charge >= 0.3 is 0 Å². The fourth-order valence-corrected chi connectivity index (χ4v) is 2.51. The molecule has 0 radical (unpaired) electrons. The lowest BCUT2D eigenvalue weighted by Crippen LogP contribution is -2.34. The van der Waals surface area contributed by atoms with Crippen molar-refractivity contribution >= 4 is 22.6 Å². The van der Waals surface area contributed by atoms with Crippen LogP contribution in [0, 0.1) is 11.3 Å². The van der Waals surface area contributed by atoms with Crippen LogP contribution in [0.15, 0.2) is 0 Å². The van der Waals surface area contributed by atoms with E-state index >= 15 is 0 Å². The molecular weight excluding hydrogens is 255 g/mol. The zero-order chi connectivity index (χ0) is 8.65. The van der Waals surface area contributed by atoms with Gasteiger partial charge in [0.15, 0.2) is 0 Å². The Morgan fingerprint density at radius 3 is 2.18 bits per heavy atom. The standard InChI is InChI=1S/C8H15IO2/c1-8(2)6(10)3-5(4-9)7(8)11/h5-7,10-11H,3-4H2,1-2H3. The maximum atomic E-state index is 9.72. The molecule has 3 unspecified atom stereocenters. The predicted molar refractivity (Wildman–Crippen MR) is 52.8 cm³/mol. The van der Waals surface area contributed by atoms with Gasteiger partial charge in [0.2, 0.25) is 0 Å². The fraction of sp³-hybridized carbons (Fsp3) is 1.00. The minimum absolute atomic E-state index is 0.278. The smallest absolute Gasteiger partial charge is 0.0652 e. The molecule has 0 aromatic heterocycles. The highest BCUT2D eigenvalue weighted by atomic mass is 127. The van der Waals surface area contributed by atoms with E-state index in [1.807, 2.05) is 13.8 Å². The normalized spacial score (nSPS) is 42.8. The fourth-order valence-electron chi connectivity index (χ4n) is 1.67. The van der Waals surface area contributed by atoms with Crippen LogP contribution in [0.1, 0.15) is 20.3 Å². The van der Waals surface area contributed by atoms with Crippen molar-refractivity contribution in [1.29, 1.82) is 0 Å². The van der Waals surface area contributed by atoms with E-state index in [0.717, 1.165) is 10.8 Å². The monoisotopic (exact) mass is 270 g/mol. The number of halogens is 1.